The highest BCUT2D eigenvalue weighted by Gasteiger charge is 2.26. The highest BCUT2D eigenvalue weighted by molar-refractivity contribution is 6.19. The number of H-pyrrole nitrogens is 2. The number of rotatable bonds is 0. The van der Waals surface area contributed by atoms with Crippen LogP contribution in [0.4, 0.5) is 0 Å². The van der Waals surface area contributed by atoms with Crippen molar-refractivity contribution >= 4 is 23.6 Å². The second-order valence-electron chi connectivity index (χ2n) is 6.57. The molecule has 0 saturated carbocycles. The molecule has 5 nitrogen and oxygen atoms in total. The van der Waals surface area contributed by atoms with Crippen molar-refractivity contribution in [1.82, 2.24) is 9.97 Å². The van der Waals surface area contributed by atoms with Gasteiger partial charge in [-0.3, -0.25) is 4.99 Å². The van der Waals surface area contributed by atoms with Crippen LogP contribution >= 0.6 is 0 Å². The van der Waals surface area contributed by atoms with Crippen LogP contribution in [-0.4, -0.2) is 27.1 Å². The molecule has 5 rings (SSSR count). The summed E-state index contributed by atoms with van der Waals surface area (Å²) in [7, 11) is 0. The Morgan fingerprint density at radius 2 is 1.76 bits per heavy atom. The Labute approximate surface area is 144 Å². The lowest BCUT2D eigenvalue weighted by Gasteiger charge is -2.17. The summed E-state index contributed by atoms with van der Waals surface area (Å²) in [6.45, 7) is 0. The van der Waals surface area contributed by atoms with Gasteiger partial charge in [-0.2, -0.15) is 0 Å². The Hall–Kier alpha value is -3.18. The zero-order valence-electron chi connectivity index (χ0n) is 13.5. The van der Waals surface area contributed by atoms with E-state index in [1.165, 1.54) is 0 Å². The van der Waals surface area contributed by atoms with E-state index >= 15 is 0 Å². The van der Waals surface area contributed by atoms with Gasteiger partial charge in [0.25, 0.3) is 0 Å². The molecule has 5 heteroatoms. The molecule has 3 aliphatic rings. The Balaban J connectivity index is 1.68. The van der Waals surface area contributed by atoms with Crippen molar-refractivity contribution in [3.63, 3.8) is 0 Å². The predicted octanol–water partition coefficient (Wildman–Crippen LogP) is 1.07. The lowest BCUT2D eigenvalue weighted by atomic mass is 10.1. The minimum atomic E-state index is -0.716. The molecule has 0 aliphatic carbocycles. The molecule has 0 fully saturated rings. The second kappa shape index (κ2) is 5.16. The van der Waals surface area contributed by atoms with E-state index in [9.17, 15) is 0 Å². The minimum Gasteiger partial charge on any atom is -0.359 e. The van der Waals surface area contributed by atoms with Crippen LogP contribution in [0, 0.1) is 0 Å². The number of aromatic amines is 2. The summed E-state index contributed by atoms with van der Waals surface area (Å²) < 4.78 is 0. The van der Waals surface area contributed by atoms with E-state index in [1.807, 2.05) is 36.5 Å². The van der Waals surface area contributed by atoms with Crippen LogP contribution in [0.2, 0.25) is 0 Å². The number of hydrogen-bond donors (Lipinski definition) is 3. The van der Waals surface area contributed by atoms with Gasteiger partial charge in [0.05, 0.1) is 17.1 Å². The van der Waals surface area contributed by atoms with Gasteiger partial charge in [0, 0.05) is 28.5 Å². The topological polar surface area (TPSA) is 82.3 Å². The van der Waals surface area contributed by atoms with Crippen molar-refractivity contribution < 1.29 is 0 Å². The Kier molecular flexibility index (Phi) is 2.93. The van der Waals surface area contributed by atoms with Gasteiger partial charge < -0.3 is 15.7 Å². The normalized spacial score (nSPS) is 23.6. The van der Waals surface area contributed by atoms with Gasteiger partial charge in [-0.15, -0.1) is 0 Å². The van der Waals surface area contributed by atoms with Crippen molar-refractivity contribution in [3.05, 3.63) is 82.4 Å². The van der Waals surface area contributed by atoms with Crippen LogP contribution in [0.15, 0.2) is 70.3 Å². The Morgan fingerprint density at radius 1 is 0.880 bits per heavy atom. The van der Waals surface area contributed by atoms with Crippen LogP contribution in [-0.2, 0) is 6.42 Å². The third-order valence-corrected chi connectivity index (χ3v) is 4.45. The summed E-state index contributed by atoms with van der Waals surface area (Å²) in [5, 5.41) is 2.06. The number of nitrogens with two attached hydrogens (primary N) is 1. The largest absolute Gasteiger partial charge is 0.359 e. The van der Waals surface area contributed by atoms with E-state index in [0.717, 1.165) is 39.2 Å². The van der Waals surface area contributed by atoms with Crippen LogP contribution in [0.25, 0.3) is 12.2 Å². The Bertz CT molecular complexity index is 1130. The maximum Gasteiger partial charge on any atom is 0.133 e. The van der Waals surface area contributed by atoms with Gasteiger partial charge in [-0.05, 0) is 66.8 Å². The summed E-state index contributed by atoms with van der Waals surface area (Å²) in [4.78, 5) is 16.1. The van der Waals surface area contributed by atoms with Crippen LogP contribution in [0.5, 0.6) is 0 Å². The van der Waals surface area contributed by atoms with Crippen molar-refractivity contribution in [2.24, 2.45) is 15.7 Å². The van der Waals surface area contributed by atoms with Crippen molar-refractivity contribution in [1.29, 1.82) is 0 Å². The number of nitrogens with one attached hydrogen (secondary N) is 2. The van der Waals surface area contributed by atoms with Crippen LogP contribution < -0.4 is 16.4 Å². The summed E-state index contributed by atoms with van der Waals surface area (Å²) in [6, 6.07) is 8.22. The van der Waals surface area contributed by atoms with Gasteiger partial charge in [-0.1, -0.05) is 0 Å². The third kappa shape index (κ3) is 2.75. The second-order valence-corrected chi connectivity index (χ2v) is 6.57. The summed E-state index contributed by atoms with van der Waals surface area (Å²) in [5.41, 5.74) is 10.5. The molecule has 0 saturated heterocycles. The van der Waals surface area contributed by atoms with Crippen molar-refractivity contribution in [3.8, 4) is 0 Å². The summed E-state index contributed by atoms with van der Waals surface area (Å²) >= 11 is 0. The molecule has 0 radical (unpaired) electrons. The van der Waals surface area contributed by atoms with E-state index in [-0.39, 0.29) is 0 Å². The molecule has 8 bridgehead atoms. The molecule has 2 aromatic heterocycles. The van der Waals surface area contributed by atoms with Crippen molar-refractivity contribution in [2.45, 2.75) is 12.1 Å². The van der Waals surface area contributed by atoms with Gasteiger partial charge in [0.2, 0.25) is 0 Å². The maximum absolute atomic E-state index is 6.44. The number of aromatic nitrogens is 2. The van der Waals surface area contributed by atoms with Gasteiger partial charge >= 0.3 is 0 Å². The van der Waals surface area contributed by atoms with E-state index in [0.29, 0.717) is 6.42 Å². The monoisotopic (exact) mass is 327 g/mol. The molecule has 1 unspecified atom stereocenters. The molecule has 1 atom stereocenters. The molecule has 122 valence electrons. The number of allylic oxidation sites excluding steroid dienone is 4. The molecular formula is C20H17N5. The maximum atomic E-state index is 6.44. The smallest absolute Gasteiger partial charge is 0.133 e. The fraction of sp³-hybridized carbons (Fsp3) is 0.100. The molecule has 0 aromatic carbocycles. The van der Waals surface area contributed by atoms with Crippen molar-refractivity contribution in [2.75, 3.05) is 0 Å². The SMILES string of the molecule is NC12C=CC(=N1)C=C1C=CC(=N1)C=c1ccc([nH]1)=Cc1ccc([nH]1)C2. The molecule has 0 amide bonds. The zero-order valence-corrected chi connectivity index (χ0v) is 13.5. The Morgan fingerprint density at radius 3 is 2.68 bits per heavy atom. The summed E-state index contributed by atoms with van der Waals surface area (Å²) in [6.07, 6.45) is 14.6. The number of nitrogens with zero attached hydrogens (tertiary/aromatic N) is 2. The van der Waals surface area contributed by atoms with E-state index in [2.05, 4.69) is 50.3 Å². The van der Waals surface area contributed by atoms with Crippen LogP contribution in [0.1, 0.15) is 11.4 Å². The molecule has 0 spiro atoms. The van der Waals surface area contributed by atoms with Gasteiger partial charge in [0.15, 0.2) is 0 Å². The molecule has 25 heavy (non-hydrogen) atoms. The van der Waals surface area contributed by atoms with Gasteiger partial charge in [-0.25, -0.2) is 4.99 Å². The van der Waals surface area contributed by atoms with E-state index in [1.54, 1.807) is 0 Å². The molecule has 2 aromatic rings. The first kappa shape index (κ1) is 14.2. The van der Waals surface area contributed by atoms with Gasteiger partial charge in [0.1, 0.15) is 5.66 Å². The third-order valence-electron chi connectivity index (χ3n) is 4.45. The quantitative estimate of drug-likeness (QED) is 0.664. The number of hydrogen-bond acceptors (Lipinski definition) is 3. The standard InChI is InChI=1S/C20H17N5/c21-20-8-7-18(25-20)11-17-4-3-14(23-17)9-13-1-2-15(22-13)10-16-5-6-19(12-20)24-16/h1-11,22,24H,12,21H2. The average Bonchev–Trinajstić information content (AvgIpc) is 3.32. The number of aliphatic imine (C=N–C) groups is 2. The first-order valence-electron chi connectivity index (χ1n) is 8.26. The lowest BCUT2D eigenvalue weighted by Crippen LogP contribution is -2.36. The van der Waals surface area contributed by atoms with E-state index in [4.69, 9.17) is 5.73 Å². The average molecular weight is 327 g/mol. The molecule has 3 aliphatic heterocycles. The molecular weight excluding hydrogens is 310 g/mol. The fourth-order valence-electron chi connectivity index (χ4n) is 3.31. The molecule has 5 heterocycles. The lowest BCUT2D eigenvalue weighted by molar-refractivity contribution is 0.556. The highest BCUT2D eigenvalue weighted by atomic mass is 15.0. The minimum absolute atomic E-state index is 0.623. The number of fused-ring (bicyclic) bond motifs is 6. The van der Waals surface area contributed by atoms with Crippen LogP contribution in [0.3, 0.4) is 0 Å². The zero-order chi connectivity index (χ0) is 16.9. The summed E-state index contributed by atoms with van der Waals surface area (Å²) in [5.74, 6) is 0. The predicted molar refractivity (Wildman–Crippen MR) is 101 cm³/mol. The highest BCUT2D eigenvalue weighted by Crippen LogP contribution is 2.21. The first-order chi connectivity index (χ1) is 12.1. The van der Waals surface area contributed by atoms with E-state index < -0.39 is 5.66 Å². The first-order valence-corrected chi connectivity index (χ1v) is 8.26. The molecule has 4 N–H and O–H groups in total. The fourth-order valence-corrected chi connectivity index (χ4v) is 3.31.